The molecule has 0 saturated heterocycles. The van der Waals surface area contributed by atoms with Crippen molar-refractivity contribution >= 4 is 15.9 Å². The minimum atomic E-state index is -3.90. The monoisotopic (exact) mass is 356 g/mol. The van der Waals surface area contributed by atoms with E-state index in [1.54, 1.807) is 30.3 Å². The number of benzene rings is 2. The Bertz CT molecular complexity index is 948. The average molecular weight is 356 g/mol. The van der Waals surface area contributed by atoms with Crippen LogP contribution in [0.4, 0.5) is 0 Å². The predicted octanol–water partition coefficient (Wildman–Crippen LogP) is 1.82. The second-order valence-electron chi connectivity index (χ2n) is 5.74. The molecule has 0 spiro atoms. The van der Waals surface area contributed by atoms with Crippen molar-refractivity contribution < 1.29 is 17.9 Å². The molecular weight excluding hydrogens is 340 g/mol. The topological polar surface area (TPSA) is 96.3 Å². The number of ether oxygens (including phenoxy) is 1. The summed E-state index contributed by atoms with van der Waals surface area (Å²) in [5.41, 5.74) is 2.47. The number of carbonyl (C=O) groups excluding carboxylic acids is 1. The molecule has 3 rings (SSSR count). The number of sulfonamides is 1. The van der Waals surface area contributed by atoms with Crippen LogP contribution >= 0.6 is 0 Å². The number of hydrogen-bond donors (Lipinski definition) is 1. The van der Waals surface area contributed by atoms with Gasteiger partial charge < -0.3 is 4.74 Å². The molecule has 1 N–H and O–H groups in total. The number of hydrogen-bond acceptors (Lipinski definition) is 5. The third-order valence-electron chi connectivity index (χ3n) is 3.90. The van der Waals surface area contributed by atoms with E-state index in [4.69, 9.17) is 10.00 Å². The normalized spacial score (nSPS) is 16.5. The fourth-order valence-electron chi connectivity index (χ4n) is 2.80. The molecule has 0 aliphatic carbocycles. The maximum Gasteiger partial charge on any atom is 0.267 e. The first-order valence-corrected chi connectivity index (χ1v) is 9.36. The molecule has 0 saturated carbocycles. The number of carbonyl (C=O) groups is 1. The summed E-state index contributed by atoms with van der Waals surface area (Å²) in [5.74, 6) is -1.09. The summed E-state index contributed by atoms with van der Waals surface area (Å²) in [6.07, 6.45) is -0.252. The van der Waals surface area contributed by atoms with Gasteiger partial charge in [0.05, 0.1) is 24.0 Å². The van der Waals surface area contributed by atoms with Crippen LogP contribution in [0.15, 0.2) is 48.5 Å². The lowest BCUT2D eigenvalue weighted by Gasteiger charge is -2.25. The first-order valence-electron chi connectivity index (χ1n) is 7.71. The van der Waals surface area contributed by atoms with Gasteiger partial charge in [-0.25, -0.2) is 8.42 Å². The molecule has 0 aromatic heterocycles. The van der Waals surface area contributed by atoms with E-state index in [9.17, 15) is 13.2 Å². The van der Waals surface area contributed by atoms with E-state index in [0.717, 1.165) is 5.56 Å². The standard InChI is InChI=1S/C18H16N2O4S/c19-11-13-4-3-5-14(10-13)12-25(22,23)20-18(21)17-16-7-2-1-6-15(16)8-9-24-17/h1-7,10,17H,8-9,12H2,(H,20,21). The molecule has 2 aromatic rings. The quantitative estimate of drug-likeness (QED) is 0.901. The lowest BCUT2D eigenvalue weighted by atomic mass is 9.97. The third-order valence-corrected chi connectivity index (χ3v) is 5.13. The van der Waals surface area contributed by atoms with Gasteiger partial charge in [-0.2, -0.15) is 5.26 Å². The van der Waals surface area contributed by atoms with Gasteiger partial charge in [0, 0.05) is 0 Å². The highest BCUT2D eigenvalue weighted by atomic mass is 32.2. The summed E-state index contributed by atoms with van der Waals surface area (Å²) >= 11 is 0. The Kier molecular flexibility index (Phi) is 4.83. The highest BCUT2D eigenvalue weighted by Gasteiger charge is 2.29. The lowest BCUT2D eigenvalue weighted by molar-refractivity contribution is -0.132. The van der Waals surface area contributed by atoms with Crippen LogP contribution in [-0.2, 0) is 31.7 Å². The molecule has 1 amide bonds. The molecular formula is C18H16N2O4S. The Balaban J connectivity index is 1.75. The zero-order chi connectivity index (χ0) is 17.9. The first-order chi connectivity index (χ1) is 12.0. The average Bonchev–Trinajstić information content (AvgIpc) is 2.60. The molecule has 0 fully saturated rings. The van der Waals surface area contributed by atoms with Crippen molar-refractivity contribution in [2.24, 2.45) is 0 Å². The van der Waals surface area contributed by atoms with Crippen molar-refractivity contribution in [1.82, 2.24) is 4.72 Å². The van der Waals surface area contributed by atoms with Crippen LogP contribution in [0.1, 0.15) is 28.4 Å². The molecule has 6 nitrogen and oxygen atoms in total. The Morgan fingerprint density at radius 3 is 2.84 bits per heavy atom. The Morgan fingerprint density at radius 2 is 2.04 bits per heavy atom. The van der Waals surface area contributed by atoms with Gasteiger partial charge >= 0.3 is 0 Å². The number of nitrogens with one attached hydrogen (secondary N) is 1. The molecule has 1 aliphatic heterocycles. The van der Waals surface area contributed by atoms with Gasteiger partial charge in [0.2, 0.25) is 10.0 Å². The van der Waals surface area contributed by atoms with Gasteiger partial charge in [-0.1, -0.05) is 36.4 Å². The fourth-order valence-corrected chi connectivity index (χ4v) is 3.91. The Hall–Kier alpha value is -2.69. The summed E-state index contributed by atoms with van der Waals surface area (Å²) in [7, 11) is -3.90. The van der Waals surface area contributed by atoms with Gasteiger partial charge in [0.25, 0.3) is 5.91 Å². The molecule has 2 aromatic carbocycles. The highest BCUT2D eigenvalue weighted by molar-refractivity contribution is 7.89. The van der Waals surface area contributed by atoms with Gasteiger partial charge in [0.1, 0.15) is 0 Å². The van der Waals surface area contributed by atoms with Crippen molar-refractivity contribution in [3.05, 3.63) is 70.8 Å². The van der Waals surface area contributed by atoms with Crippen LogP contribution in [0.5, 0.6) is 0 Å². The fraction of sp³-hybridized carbons (Fsp3) is 0.222. The SMILES string of the molecule is N#Cc1cccc(CS(=O)(=O)NC(=O)C2OCCc3ccccc32)c1. The zero-order valence-electron chi connectivity index (χ0n) is 13.3. The van der Waals surface area contributed by atoms with Gasteiger partial charge in [-0.3, -0.25) is 9.52 Å². The number of nitrogens with zero attached hydrogens (tertiary/aromatic N) is 1. The highest BCUT2D eigenvalue weighted by Crippen LogP contribution is 2.27. The molecule has 1 aliphatic rings. The van der Waals surface area contributed by atoms with Crippen LogP contribution in [0.2, 0.25) is 0 Å². The molecule has 25 heavy (non-hydrogen) atoms. The summed E-state index contributed by atoms with van der Waals surface area (Å²) in [4.78, 5) is 12.4. The second kappa shape index (κ2) is 7.05. The Labute approximate surface area is 146 Å². The summed E-state index contributed by atoms with van der Waals surface area (Å²) in [6, 6.07) is 15.5. The van der Waals surface area contributed by atoms with E-state index in [1.165, 1.54) is 6.07 Å². The van der Waals surface area contributed by atoms with Gasteiger partial charge in [-0.05, 0) is 35.2 Å². The molecule has 0 radical (unpaired) electrons. The number of nitriles is 1. The largest absolute Gasteiger partial charge is 0.363 e. The molecule has 1 unspecified atom stereocenters. The van der Waals surface area contributed by atoms with E-state index < -0.39 is 22.0 Å². The van der Waals surface area contributed by atoms with E-state index in [1.807, 2.05) is 18.2 Å². The van der Waals surface area contributed by atoms with Crippen LogP contribution < -0.4 is 4.72 Å². The molecule has 7 heteroatoms. The Morgan fingerprint density at radius 1 is 1.24 bits per heavy atom. The maximum atomic E-state index is 12.4. The van der Waals surface area contributed by atoms with Crippen LogP contribution in [0.25, 0.3) is 0 Å². The zero-order valence-corrected chi connectivity index (χ0v) is 14.1. The summed E-state index contributed by atoms with van der Waals surface area (Å²) in [6.45, 7) is 0.360. The third kappa shape index (κ3) is 4.05. The van der Waals surface area contributed by atoms with E-state index >= 15 is 0 Å². The van der Waals surface area contributed by atoms with Crippen molar-refractivity contribution in [2.75, 3.05) is 6.61 Å². The van der Waals surface area contributed by atoms with E-state index in [0.29, 0.717) is 29.7 Å². The molecule has 128 valence electrons. The van der Waals surface area contributed by atoms with Crippen LogP contribution in [0.3, 0.4) is 0 Å². The van der Waals surface area contributed by atoms with E-state index in [-0.39, 0.29) is 5.75 Å². The molecule has 1 atom stereocenters. The van der Waals surface area contributed by atoms with E-state index in [2.05, 4.69) is 4.72 Å². The number of amides is 1. The molecule has 1 heterocycles. The maximum absolute atomic E-state index is 12.4. The minimum Gasteiger partial charge on any atom is -0.363 e. The van der Waals surface area contributed by atoms with Crippen LogP contribution in [-0.4, -0.2) is 20.9 Å². The molecule has 0 bridgehead atoms. The smallest absolute Gasteiger partial charge is 0.267 e. The lowest BCUT2D eigenvalue weighted by Crippen LogP contribution is -2.38. The van der Waals surface area contributed by atoms with Crippen LogP contribution in [0, 0.1) is 11.3 Å². The summed E-state index contributed by atoms with van der Waals surface area (Å²) < 4.78 is 32.1. The van der Waals surface area contributed by atoms with Crippen molar-refractivity contribution in [3.63, 3.8) is 0 Å². The first kappa shape index (κ1) is 17.1. The predicted molar refractivity (Wildman–Crippen MR) is 90.8 cm³/mol. The van der Waals surface area contributed by atoms with Gasteiger partial charge in [-0.15, -0.1) is 0 Å². The number of rotatable bonds is 4. The minimum absolute atomic E-state index is 0.360. The van der Waals surface area contributed by atoms with Crippen molar-refractivity contribution in [3.8, 4) is 6.07 Å². The number of fused-ring (bicyclic) bond motifs is 1. The van der Waals surface area contributed by atoms with Crippen molar-refractivity contribution in [1.29, 1.82) is 5.26 Å². The second-order valence-corrected chi connectivity index (χ2v) is 7.46. The van der Waals surface area contributed by atoms with Gasteiger partial charge in [0.15, 0.2) is 6.10 Å². The van der Waals surface area contributed by atoms with Crippen molar-refractivity contribution in [2.45, 2.75) is 18.3 Å². The summed E-state index contributed by atoms with van der Waals surface area (Å²) in [5, 5.41) is 8.88.